The number of likely N-dealkylation sites (tertiary alicyclic amines) is 1. The molecule has 7 heteroatoms. The Hall–Kier alpha value is -2.41. The van der Waals surface area contributed by atoms with Crippen molar-refractivity contribution < 1.29 is 18.3 Å². The van der Waals surface area contributed by atoms with Gasteiger partial charge in [0.15, 0.2) is 0 Å². The minimum atomic E-state index is -0.401. The number of nitrogens with zero attached hydrogens (tertiary/aromatic N) is 3. The van der Waals surface area contributed by atoms with Crippen molar-refractivity contribution in [1.29, 1.82) is 0 Å². The van der Waals surface area contributed by atoms with Crippen LogP contribution in [0.5, 0.6) is 5.75 Å². The van der Waals surface area contributed by atoms with Crippen LogP contribution in [0.25, 0.3) is 11.5 Å². The van der Waals surface area contributed by atoms with Crippen molar-refractivity contribution in [3.63, 3.8) is 0 Å². The Morgan fingerprint density at radius 1 is 1.38 bits per heavy atom. The van der Waals surface area contributed by atoms with Gasteiger partial charge in [-0.3, -0.25) is 9.69 Å². The fourth-order valence-electron chi connectivity index (χ4n) is 3.89. The smallest absolute Gasteiger partial charge is 0.229 e. The highest BCUT2D eigenvalue weighted by atomic mass is 19.1. The standard InChI is InChI=1S/C22H30FN3O3/c1-5-26(6-2)22(27)16-8-7-11-25(13-16)14-20-15(3)29-21(24-20)18-12-17(28-4)9-10-19(18)23/h9-10,12,16H,5-8,11,13-14H2,1-4H3. The molecule has 0 saturated carbocycles. The van der Waals surface area contributed by atoms with E-state index in [1.807, 2.05) is 25.7 Å². The monoisotopic (exact) mass is 403 g/mol. The Kier molecular flexibility index (Phi) is 6.90. The van der Waals surface area contributed by atoms with Gasteiger partial charge < -0.3 is 14.1 Å². The largest absolute Gasteiger partial charge is 0.497 e. The first-order chi connectivity index (χ1) is 14.0. The van der Waals surface area contributed by atoms with Crippen LogP contribution in [0.3, 0.4) is 0 Å². The normalized spacial score (nSPS) is 17.3. The molecule has 158 valence electrons. The lowest BCUT2D eigenvalue weighted by atomic mass is 9.96. The van der Waals surface area contributed by atoms with E-state index in [-0.39, 0.29) is 23.3 Å². The van der Waals surface area contributed by atoms with Crippen LogP contribution in [0.15, 0.2) is 22.6 Å². The molecule has 3 rings (SSSR count). The summed E-state index contributed by atoms with van der Waals surface area (Å²) in [7, 11) is 1.54. The number of halogens is 1. The van der Waals surface area contributed by atoms with E-state index in [0.29, 0.717) is 24.6 Å². The number of hydrogen-bond acceptors (Lipinski definition) is 5. The molecule has 1 unspecified atom stereocenters. The number of aryl methyl sites for hydroxylation is 1. The maximum Gasteiger partial charge on any atom is 0.229 e. The molecule has 1 fully saturated rings. The number of methoxy groups -OCH3 is 1. The number of carbonyl (C=O) groups excluding carboxylic acids is 1. The van der Waals surface area contributed by atoms with Crippen molar-refractivity contribution in [2.75, 3.05) is 33.3 Å². The molecule has 1 aliphatic rings. The van der Waals surface area contributed by atoms with Crippen molar-refractivity contribution in [1.82, 2.24) is 14.8 Å². The van der Waals surface area contributed by atoms with Gasteiger partial charge >= 0.3 is 0 Å². The van der Waals surface area contributed by atoms with Gasteiger partial charge in [0, 0.05) is 26.2 Å². The number of oxazole rings is 1. The number of rotatable bonds is 7. The van der Waals surface area contributed by atoms with Crippen LogP contribution in [-0.4, -0.2) is 54.0 Å². The average molecular weight is 403 g/mol. The molecule has 1 aromatic heterocycles. The first-order valence-corrected chi connectivity index (χ1v) is 10.3. The van der Waals surface area contributed by atoms with Gasteiger partial charge in [-0.1, -0.05) is 0 Å². The van der Waals surface area contributed by atoms with Crippen LogP contribution in [0.1, 0.15) is 38.1 Å². The molecule has 0 spiro atoms. The molecule has 0 aliphatic carbocycles. The second kappa shape index (κ2) is 9.39. The van der Waals surface area contributed by atoms with E-state index in [0.717, 1.165) is 38.2 Å². The third kappa shape index (κ3) is 4.78. The fraction of sp³-hybridized carbons (Fsp3) is 0.545. The zero-order valence-corrected chi connectivity index (χ0v) is 17.7. The van der Waals surface area contributed by atoms with Gasteiger partial charge in [0.1, 0.15) is 17.3 Å². The molecule has 6 nitrogen and oxygen atoms in total. The summed E-state index contributed by atoms with van der Waals surface area (Å²) in [4.78, 5) is 21.4. The first-order valence-electron chi connectivity index (χ1n) is 10.3. The highest BCUT2D eigenvalue weighted by Gasteiger charge is 2.29. The van der Waals surface area contributed by atoms with E-state index in [9.17, 15) is 9.18 Å². The number of hydrogen-bond donors (Lipinski definition) is 0. The molecule has 1 aliphatic heterocycles. The second-order valence-electron chi connectivity index (χ2n) is 7.45. The van der Waals surface area contributed by atoms with Crippen molar-refractivity contribution >= 4 is 5.91 Å². The number of ether oxygens (including phenoxy) is 1. The van der Waals surface area contributed by atoms with Crippen LogP contribution in [-0.2, 0) is 11.3 Å². The molecule has 0 radical (unpaired) electrons. The molecule has 0 N–H and O–H groups in total. The molecule has 1 atom stereocenters. The Bertz CT molecular complexity index is 848. The molecule has 1 saturated heterocycles. The van der Waals surface area contributed by atoms with E-state index >= 15 is 0 Å². The Balaban J connectivity index is 1.73. The topological polar surface area (TPSA) is 58.8 Å². The summed E-state index contributed by atoms with van der Waals surface area (Å²) >= 11 is 0. The predicted octanol–water partition coefficient (Wildman–Crippen LogP) is 3.88. The van der Waals surface area contributed by atoms with E-state index in [2.05, 4.69) is 9.88 Å². The summed E-state index contributed by atoms with van der Waals surface area (Å²) in [6.45, 7) is 9.56. The summed E-state index contributed by atoms with van der Waals surface area (Å²) < 4.78 is 25.2. The summed E-state index contributed by atoms with van der Waals surface area (Å²) in [5, 5.41) is 0. The molecule has 2 heterocycles. The quantitative estimate of drug-likeness (QED) is 0.702. The van der Waals surface area contributed by atoms with E-state index in [1.165, 1.54) is 13.2 Å². The van der Waals surface area contributed by atoms with E-state index in [4.69, 9.17) is 9.15 Å². The zero-order chi connectivity index (χ0) is 21.0. The summed E-state index contributed by atoms with van der Waals surface area (Å²) in [6, 6.07) is 4.50. The van der Waals surface area contributed by atoms with Gasteiger partial charge in [-0.05, 0) is 58.4 Å². The van der Waals surface area contributed by atoms with E-state index < -0.39 is 5.82 Å². The fourth-order valence-corrected chi connectivity index (χ4v) is 3.89. The highest BCUT2D eigenvalue weighted by molar-refractivity contribution is 5.79. The Labute approximate surface area is 171 Å². The van der Waals surface area contributed by atoms with Gasteiger partial charge in [-0.15, -0.1) is 0 Å². The summed E-state index contributed by atoms with van der Waals surface area (Å²) in [5.41, 5.74) is 1.06. The average Bonchev–Trinajstić information content (AvgIpc) is 3.09. The lowest BCUT2D eigenvalue weighted by Crippen LogP contribution is -2.44. The van der Waals surface area contributed by atoms with Gasteiger partial charge in [0.25, 0.3) is 0 Å². The SMILES string of the molecule is CCN(CC)C(=O)C1CCCN(Cc2nc(-c3cc(OC)ccc3F)oc2C)C1. The molecule has 2 aromatic rings. The van der Waals surface area contributed by atoms with Crippen LogP contribution in [0, 0.1) is 18.7 Å². The lowest BCUT2D eigenvalue weighted by Gasteiger charge is -2.34. The summed E-state index contributed by atoms with van der Waals surface area (Å²) in [6.07, 6.45) is 1.90. The van der Waals surface area contributed by atoms with Gasteiger partial charge in [0.2, 0.25) is 11.8 Å². The second-order valence-corrected chi connectivity index (χ2v) is 7.45. The van der Waals surface area contributed by atoms with Gasteiger partial charge in [-0.25, -0.2) is 9.37 Å². The van der Waals surface area contributed by atoms with Crippen molar-refractivity contribution in [3.8, 4) is 17.2 Å². The van der Waals surface area contributed by atoms with Crippen LogP contribution in [0.2, 0.25) is 0 Å². The van der Waals surface area contributed by atoms with Crippen LogP contribution >= 0.6 is 0 Å². The number of benzene rings is 1. The van der Waals surface area contributed by atoms with Gasteiger partial charge in [-0.2, -0.15) is 0 Å². The third-order valence-corrected chi connectivity index (χ3v) is 5.60. The number of amides is 1. The van der Waals surface area contributed by atoms with Gasteiger partial charge in [0.05, 0.1) is 24.3 Å². The van der Waals surface area contributed by atoms with Crippen LogP contribution < -0.4 is 4.74 Å². The predicted molar refractivity (Wildman–Crippen MR) is 109 cm³/mol. The molecular weight excluding hydrogens is 373 g/mol. The number of carbonyl (C=O) groups is 1. The maximum absolute atomic E-state index is 14.3. The minimum absolute atomic E-state index is 0.0196. The molecule has 0 bridgehead atoms. The number of piperidine rings is 1. The molecule has 1 amide bonds. The zero-order valence-electron chi connectivity index (χ0n) is 17.7. The lowest BCUT2D eigenvalue weighted by molar-refractivity contribution is -0.137. The molecular formula is C22H30FN3O3. The Morgan fingerprint density at radius 2 is 2.14 bits per heavy atom. The van der Waals surface area contributed by atoms with Crippen LogP contribution in [0.4, 0.5) is 4.39 Å². The summed E-state index contributed by atoms with van der Waals surface area (Å²) in [5.74, 6) is 1.32. The van der Waals surface area contributed by atoms with Crippen molar-refractivity contribution in [2.45, 2.75) is 40.2 Å². The van der Waals surface area contributed by atoms with Crippen molar-refractivity contribution in [3.05, 3.63) is 35.5 Å². The third-order valence-electron chi connectivity index (χ3n) is 5.60. The molecule has 1 aromatic carbocycles. The first kappa shape index (κ1) is 21.3. The maximum atomic E-state index is 14.3. The molecule has 29 heavy (non-hydrogen) atoms. The Morgan fingerprint density at radius 3 is 2.83 bits per heavy atom. The number of aromatic nitrogens is 1. The van der Waals surface area contributed by atoms with E-state index in [1.54, 1.807) is 12.1 Å². The highest BCUT2D eigenvalue weighted by Crippen LogP contribution is 2.29. The minimum Gasteiger partial charge on any atom is -0.497 e. The van der Waals surface area contributed by atoms with Crippen molar-refractivity contribution in [2.24, 2.45) is 5.92 Å².